The van der Waals surface area contributed by atoms with Gasteiger partial charge in [-0.2, -0.15) is 0 Å². The zero-order valence-electron chi connectivity index (χ0n) is 26.1. The number of nitrogens with one attached hydrogen (secondary N) is 2. The Kier molecular flexibility index (Phi) is 9.70. The summed E-state index contributed by atoms with van der Waals surface area (Å²) in [7, 11) is -11.6. The maximum atomic E-state index is 12.7. The summed E-state index contributed by atoms with van der Waals surface area (Å²) in [5.41, 5.74) is 0.730. The Hall–Kier alpha value is -3.26. The molecule has 46 heavy (non-hydrogen) atoms. The van der Waals surface area contributed by atoms with Crippen molar-refractivity contribution in [2.24, 2.45) is 5.41 Å². The molecule has 1 aromatic carbocycles. The number of carbonyl (C=O) groups excluding carboxylic acids is 1. The van der Waals surface area contributed by atoms with Crippen LogP contribution in [0.3, 0.4) is 0 Å². The van der Waals surface area contributed by atoms with Gasteiger partial charge < -0.3 is 24.0 Å². The average Bonchev–Trinajstić information content (AvgIpc) is 3.65. The highest BCUT2D eigenvalue weighted by Crippen LogP contribution is 2.45. The summed E-state index contributed by atoms with van der Waals surface area (Å²) < 4.78 is 77.7. The van der Waals surface area contributed by atoms with Gasteiger partial charge in [-0.3, -0.25) is 9.88 Å². The molecular weight excluding hydrogens is 657 g/mol. The van der Waals surface area contributed by atoms with Crippen molar-refractivity contribution in [3.8, 4) is 0 Å². The summed E-state index contributed by atoms with van der Waals surface area (Å²) in [5, 5.41) is 5.30. The van der Waals surface area contributed by atoms with Crippen molar-refractivity contribution in [2.75, 3.05) is 24.4 Å². The largest absolute Gasteiger partial charge is 0.504 e. The number of rotatable bonds is 10. The molecule has 2 aliphatic rings. The Morgan fingerprint density at radius 3 is 2.35 bits per heavy atom. The first-order valence-electron chi connectivity index (χ1n) is 14.4. The predicted octanol–water partition coefficient (Wildman–Crippen LogP) is 2.19. The molecule has 2 N–H and O–H groups in total. The first-order chi connectivity index (χ1) is 21.6. The lowest BCUT2D eigenvalue weighted by Crippen LogP contribution is -2.52. The fourth-order valence-corrected chi connectivity index (χ4v) is 15.2. The van der Waals surface area contributed by atoms with E-state index in [9.17, 15) is 21.6 Å². The maximum Gasteiger partial charge on any atom is 0.504 e. The topological polar surface area (TPSA) is 190 Å². The summed E-state index contributed by atoms with van der Waals surface area (Å²) in [6.45, 7) is 7.59. The standard InChI is InChI=1S/C28H37N6O9S2Si/c1-7-29-27(35)33-24-19-25(31-15-30-24)34(16-32-19)26-22-20(40-18(41-22)14-13-17-11-9-8-10-12-17)21(42-26)23(28(2,3)4)43-46(44(5,36)37)45(6,38)39/h8-16,18,20-23,26H,7H2,1-6H3,(H2,29,30,31,33,35)/b14-13+. The summed E-state index contributed by atoms with van der Waals surface area (Å²) in [6.07, 6.45) is 2.71. The van der Waals surface area contributed by atoms with Crippen molar-refractivity contribution < 1.29 is 40.3 Å². The van der Waals surface area contributed by atoms with Gasteiger partial charge in [0.1, 0.15) is 24.6 Å². The third-order valence-electron chi connectivity index (χ3n) is 7.24. The van der Waals surface area contributed by atoms with E-state index in [4.69, 9.17) is 18.6 Å². The average molecular weight is 694 g/mol. The highest BCUT2D eigenvalue weighted by molar-refractivity contribution is 8.45. The van der Waals surface area contributed by atoms with Crippen molar-refractivity contribution in [3.63, 3.8) is 0 Å². The molecule has 5 rings (SSSR count). The second-order valence-electron chi connectivity index (χ2n) is 12.1. The number of fused-ring (bicyclic) bond motifs is 2. The summed E-state index contributed by atoms with van der Waals surface area (Å²) >= 11 is 0. The normalized spacial score (nSPS) is 24.5. The Balaban J connectivity index is 1.54. The van der Waals surface area contributed by atoms with Gasteiger partial charge in [0.15, 0.2) is 48.1 Å². The van der Waals surface area contributed by atoms with E-state index in [2.05, 4.69) is 25.6 Å². The molecule has 2 amide bonds. The number of benzene rings is 1. The minimum absolute atomic E-state index is 0.178. The molecule has 4 heterocycles. The minimum atomic E-state index is -4.10. The molecule has 18 heteroatoms. The van der Waals surface area contributed by atoms with Gasteiger partial charge in [-0.25, -0.2) is 36.6 Å². The van der Waals surface area contributed by atoms with Crippen molar-refractivity contribution in [2.45, 2.75) is 64.6 Å². The molecule has 15 nitrogen and oxygen atoms in total. The molecule has 2 saturated heterocycles. The molecule has 2 aliphatic heterocycles. The SMILES string of the molecule is CCNC(=O)Nc1ncnc2c1ncn2C1OC(C(O[Si](S(C)(=O)=O)S(C)(=O)=O)C(C)(C)C)C2OC(/C=C/c3ccccc3)OC21. The molecule has 1 radical (unpaired) electrons. The second-order valence-corrected chi connectivity index (χ2v) is 23.3. The number of aromatic nitrogens is 4. The Labute approximate surface area is 268 Å². The van der Waals surface area contributed by atoms with Crippen molar-refractivity contribution in [3.05, 3.63) is 54.6 Å². The summed E-state index contributed by atoms with van der Waals surface area (Å²) in [5.74, 6) is 0.178. The molecule has 2 aromatic heterocycles. The zero-order valence-corrected chi connectivity index (χ0v) is 28.8. The number of amides is 2. The van der Waals surface area contributed by atoms with Gasteiger partial charge in [-0.15, -0.1) is 0 Å². The van der Waals surface area contributed by atoms with Crippen LogP contribution in [-0.2, 0) is 37.2 Å². The number of hydrogen-bond acceptors (Lipinski definition) is 12. The minimum Gasteiger partial charge on any atom is -0.386 e. The molecular formula is C28H37N6O9S2Si. The zero-order chi connectivity index (χ0) is 33.4. The fourth-order valence-electron chi connectivity index (χ4n) is 5.35. The second kappa shape index (κ2) is 13.1. The van der Waals surface area contributed by atoms with Gasteiger partial charge >= 0.3 is 13.4 Å². The Bertz CT molecular complexity index is 1780. The maximum absolute atomic E-state index is 12.7. The van der Waals surface area contributed by atoms with Gasteiger partial charge in [0.05, 0.1) is 12.4 Å². The molecule has 0 aliphatic carbocycles. The van der Waals surface area contributed by atoms with Crippen LogP contribution in [-0.4, -0.2) is 99.5 Å². The number of carbonyl (C=O) groups is 1. The Morgan fingerprint density at radius 2 is 1.72 bits per heavy atom. The lowest BCUT2D eigenvalue weighted by molar-refractivity contribution is -0.158. The molecule has 0 spiro atoms. The van der Waals surface area contributed by atoms with E-state index in [1.807, 2.05) is 36.4 Å². The Morgan fingerprint density at radius 1 is 1.04 bits per heavy atom. The van der Waals surface area contributed by atoms with Crippen LogP contribution in [0.5, 0.6) is 0 Å². The molecule has 3 aromatic rings. The van der Waals surface area contributed by atoms with Crippen molar-refractivity contribution >= 4 is 55.0 Å². The van der Waals surface area contributed by atoms with E-state index >= 15 is 0 Å². The van der Waals surface area contributed by atoms with Crippen LogP contribution in [0.2, 0.25) is 0 Å². The van der Waals surface area contributed by atoms with Crippen LogP contribution in [0.1, 0.15) is 39.5 Å². The third kappa shape index (κ3) is 7.32. The van der Waals surface area contributed by atoms with Crippen molar-refractivity contribution in [1.82, 2.24) is 24.8 Å². The highest BCUT2D eigenvalue weighted by Gasteiger charge is 2.59. The molecule has 2 fully saturated rings. The van der Waals surface area contributed by atoms with Crippen LogP contribution < -0.4 is 10.6 Å². The van der Waals surface area contributed by atoms with Crippen LogP contribution in [0.15, 0.2) is 49.1 Å². The number of hydrogen-bond donors (Lipinski definition) is 2. The summed E-state index contributed by atoms with van der Waals surface area (Å²) in [4.78, 5) is 25.2. The van der Waals surface area contributed by atoms with E-state index in [-0.39, 0.29) is 5.82 Å². The molecule has 6 atom stereocenters. The molecule has 6 unspecified atom stereocenters. The number of anilines is 1. The van der Waals surface area contributed by atoms with Gasteiger partial charge in [0.2, 0.25) is 0 Å². The van der Waals surface area contributed by atoms with E-state index in [1.54, 1.807) is 38.3 Å². The van der Waals surface area contributed by atoms with Crippen molar-refractivity contribution in [1.29, 1.82) is 0 Å². The van der Waals surface area contributed by atoms with Crippen LogP contribution >= 0.6 is 0 Å². The fraction of sp³-hybridized carbons (Fsp3) is 0.500. The number of nitrogens with zero attached hydrogens (tertiary/aromatic N) is 4. The predicted molar refractivity (Wildman–Crippen MR) is 171 cm³/mol. The number of urea groups is 1. The van der Waals surface area contributed by atoms with Gasteiger partial charge in [-0.05, 0) is 24.0 Å². The quantitative estimate of drug-likeness (QED) is 0.295. The molecule has 0 bridgehead atoms. The smallest absolute Gasteiger partial charge is 0.386 e. The van der Waals surface area contributed by atoms with E-state index in [0.717, 1.165) is 18.1 Å². The van der Waals surface area contributed by atoms with E-state index in [1.165, 1.54) is 12.7 Å². The number of ether oxygens (including phenoxy) is 3. The van der Waals surface area contributed by atoms with Gasteiger partial charge in [0.25, 0.3) is 0 Å². The van der Waals surface area contributed by atoms with Gasteiger partial charge in [-0.1, -0.05) is 57.2 Å². The van der Waals surface area contributed by atoms with E-state index in [0.29, 0.717) is 17.7 Å². The molecule has 0 saturated carbocycles. The lowest BCUT2D eigenvalue weighted by Gasteiger charge is -2.37. The van der Waals surface area contributed by atoms with E-state index < -0.39 is 74.3 Å². The van der Waals surface area contributed by atoms with Crippen LogP contribution in [0.4, 0.5) is 10.6 Å². The van der Waals surface area contributed by atoms with Gasteiger partial charge in [0, 0.05) is 19.1 Å². The van der Waals surface area contributed by atoms with Crippen LogP contribution in [0.25, 0.3) is 17.2 Å². The number of imidazole rings is 1. The highest BCUT2D eigenvalue weighted by atomic mass is 32.6. The first kappa shape index (κ1) is 34.1. The first-order valence-corrected chi connectivity index (χ1v) is 21.1. The summed E-state index contributed by atoms with van der Waals surface area (Å²) in [6, 6.07) is 9.10. The third-order valence-corrected chi connectivity index (χ3v) is 18.6. The lowest BCUT2D eigenvalue weighted by atomic mass is 9.84. The van der Waals surface area contributed by atoms with Crippen LogP contribution in [0, 0.1) is 5.41 Å². The molecule has 249 valence electrons. The monoisotopic (exact) mass is 693 g/mol.